The Kier molecular flexibility index (Phi) is 3.09. The number of halogens is 2. The summed E-state index contributed by atoms with van der Waals surface area (Å²) in [6, 6.07) is 5.04. The Labute approximate surface area is 99.8 Å². The molecule has 0 aromatic carbocycles. The zero-order chi connectivity index (χ0) is 10.8. The van der Waals surface area contributed by atoms with Gasteiger partial charge in [-0.15, -0.1) is 0 Å². The van der Waals surface area contributed by atoms with Crippen molar-refractivity contribution in [3.63, 3.8) is 0 Å². The van der Waals surface area contributed by atoms with E-state index in [4.69, 9.17) is 16.0 Å². The van der Waals surface area contributed by atoms with Gasteiger partial charge in [-0.1, -0.05) is 11.6 Å². The standard InChI is InChI=1S/C10H7BrClNO2/c11-7-3-4-15-10(7)9(14)8-2-1-6(12)5-13-8/h1-5,9,14H. The van der Waals surface area contributed by atoms with Crippen LogP contribution in [0.15, 0.2) is 39.5 Å². The highest BCUT2D eigenvalue weighted by Gasteiger charge is 2.17. The van der Waals surface area contributed by atoms with Crippen LogP contribution >= 0.6 is 27.5 Å². The van der Waals surface area contributed by atoms with Crippen molar-refractivity contribution in [2.45, 2.75) is 6.10 Å². The molecule has 5 heteroatoms. The number of hydrogen-bond acceptors (Lipinski definition) is 3. The van der Waals surface area contributed by atoms with Gasteiger partial charge in [-0.05, 0) is 34.1 Å². The average Bonchev–Trinajstić information content (AvgIpc) is 2.65. The molecule has 1 unspecified atom stereocenters. The van der Waals surface area contributed by atoms with Crippen molar-refractivity contribution in [2.24, 2.45) is 0 Å². The molecule has 0 saturated heterocycles. The Balaban J connectivity index is 2.32. The van der Waals surface area contributed by atoms with E-state index in [0.717, 1.165) is 0 Å². The maximum absolute atomic E-state index is 9.92. The van der Waals surface area contributed by atoms with Crippen LogP contribution in [0.2, 0.25) is 5.02 Å². The predicted molar refractivity (Wildman–Crippen MR) is 59.7 cm³/mol. The lowest BCUT2D eigenvalue weighted by atomic mass is 10.2. The van der Waals surface area contributed by atoms with E-state index in [1.165, 1.54) is 12.5 Å². The highest BCUT2D eigenvalue weighted by atomic mass is 79.9. The minimum atomic E-state index is -0.883. The molecule has 1 atom stereocenters. The summed E-state index contributed by atoms with van der Waals surface area (Å²) < 4.78 is 5.86. The number of aliphatic hydroxyl groups excluding tert-OH is 1. The van der Waals surface area contributed by atoms with E-state index in [-0.39, 0.29) is 0 Å². The molecule has 2 aromatic heterocycles. The van der Waals surface area contributed by atoms with Gasteiger partial charge in [0.2, 0.25) is 0 Å². The molecular formula is C10H7BrClNO2. The first kappa shape index (κ1) is 10.7. The Morgan fingerprint density at radius 1 is 1.40 bits per heavy atom. The Morgan fingerprint density at radius 3 is 2.73 bits per heavy atom. The lowest BCUT2D eigenvalue weighted by Crippen LogP contribution is -2.01. The van der Waals surface area contributed by atoms with Crippen LogP contribution in [0.1, 0.15) is 17.6 Å². The fourth-order valence-corrected chi connectivity index (χ4v) is 1.71. The summed E-state index contributed by atoms with van der Waals surface area (Å²) in [5, 5.41) is 10.5. The molecule has 15 heavy (non-hydrogen) atoms. The molecule has 3 nitrogen and oxygen atoms in total. The summed E-state index contributed by atoms with van der Waals surface area (Å²) >= 11 is 8.97. The number of pyridine rings is 1. The molecule has 2 aromatic rings. The van der Waals surface area contributed by atoms with E-state index in [2.05, 4.69) is 20.9 Å². The minimum absolute atomic E-state index is 0.435. The summed E-state index contributed by atoms with van der Waals surface area (Å²) in [6.07, 6.45) is 2.10. The average molecular weight is 289 g/mol. The number of furan rings is 1. The van der Waals surface area contributed by atoms with Crippen molar-refractivity contribution in [3.05, 3.63) is 51.6 Å². The second-order valence-corrected chi connectivity index (χ2v) is 4.23. The maximum atomic E-state index is 9.92. The van der Waals surface area contributed by atoms with Crippen LogP contribution in [0.25, 0.3) is 0 Å². The number of aliphatic hydroxyl groups is 1. The van der Waals surface area contributed by atoms with Gasteiger partial charge in [0.15, 0.2) is 11.9 Å². The molecule has 0 aliphatic rings. The summed E-state index contributed by atoms with van der Waals surface area (Å²) in [5.41, 5.74) is 0.495. The highest BCUT2D eigenvalue weighted by molar-refractivity contribution is 9.10. The monoisotopic (exact) mass is 287 g/mol. The van der Waals surface area contributed by atoms with Gasteiger partial charge in [0.25, 0.3) is 0 Å². The van der Waals surface area contributed by atoms with E-state index in [0.29, 0.717) is 20.9 Å². The van der Waals surface area contributed by atoms with Crippen LogP contribution in [-0.4, -0.2) is 10.1 Å². The molecule has 1 N–H and O–H groups in total. The lowest BCUT2D eigenvalue weighted by molar-refractivity contribution is 0.184. The number of rotatable bonds is 2. The molecular weight excluding hydrogens is 281 g/mol. The smallest absolute Gasteiger partial charge is 0.154 e. The zero-order valence-electron chi connectivity index (χ0n) is 7.52. The van der Waals surface area contributed by atoms with Gasteiger partial charge in [-0.25, -0.2) is 0 Å². The lowest BCUT2D eigenvalue weighted by Gasteiger charge is -2.07. The first-order valence-corrected chi connectivity index (χ1v) is 5.38. The highest BCUT2D eigenvalue weighted by Crippen LogP contribution is 2.28. The maximum Gasteiger partial charge on any atom is 0.154 e. The third kappa shape index (κ3) is 2.22. The van der Waals surface area contributed by atoms with Crippen LogP contribution in [0.3, 0.4) is 0 Å². The summed E-state index contributed by atoms with van der Waals surface area (Å²) in [4.78, 5) is 4.01. The molecule has 2 rings (SSSR count). The van der Waals surface area contributed by atoms with E-state index < -0.39 is 6.10 Å². The number of nitrogens with zero attached hydrogens (tertiary/aromatic N) is 1. The Bertz CT molecular complexity index is 455. The SMILES string of the molecule is OC(c1ccc(Cl)cn1)c1occc1Br. The molecule has 0 spiro atoms. The van der Waals surface area contributed by atoms with E-state index in [1.807, 2.05) is 0 Å². The van der Waals surface area contributed by atoms with Crippen molar-refractivity contribution in [1.82, 2.24) is 4.98 Å². The van der Waals surface area contributed by atoms with Crippen LogP contribution < -0.4 is 0 Å². The van der Waals surface area contributed by atoms with Gasteiger partial charge in [0.1, 0.15) is 0 Å². The van der Waals surface area contributed by atoms with Crippen LogP contribution in [0.4, 0.5) is 0 Å². The minimum Gasteiger partial charge on any atom is -0.465 e. The van der Waals surface area contributed by atoms with E-state index in [1.54, 1.807) is 18.2 Å². The second-order valence-electron chi connectivity index (χ2n) is 2.94. The van der Waals surface area contributed by atoms with Gasteiger partial charge in [0, 0.05) is 6.20 Å². The van der Waals surface area contributed by atoms with Crippen molar-refractivity contribution >= 4 is 27.5 Å². The Morgan fingerprint density at radius 2 is 2.20 bits per heavy atom. The van der Waals surface area contributed by atoms with Crippen molar-refractivity contribution < 1.29 is 9.52 Å². The van der Waals surface area contributed by atoms with Crippen LogP contribution in [0, 0.1) is 0 Å². The molecule has 0 aliphatic carbocycles. The zero-order valence-corrected chi connectivity index (χ0v) is 9.86. The molecule has 0 bridgehead atoms. The molecule has 78 valence electrons. The Hall–Kier alpha value is -0.840. The first-order valence-electron chi connectivity index (χ1n) is 4.21. The van der Waals surface area contributed by atoms with Crippen molar-refractivity contribution in [1.29, 1.82) is 0 Å². The van der Waals surface area contributed by atoms with Crippen LogP contribution in [-0.2, 0) is 0 Å². The molecule has 0 saturated carbocycles. The normalized spacial score (nSPS) is 12.7. The molecule has 0 amide bonds. The number of hydrogen-bond donors (Lipinski definition) is 1. The summed E-state index contributed by atoms with van der Waals surface area (Å²) in [5.74, 6) is 0.435. The van der Waals surface area contributed by atoms with E-state index in [9.17, 15) is 5.11 Å². The quantitative estimate of drug-likeness (QED) is 0.923. The van der Waals surface area contributed by atoms with Crippen molar-refractivity contribution in [3.8, 4) is 0 Å². The van der Waals surface area contributed by atoms with E-state index >= 15 is 0 Å². The second kappa shape index (κ2) is 4.35. The molecule has 0 radical (unpaired) electrons. The fourth-order valence-electron chi connectivity index (χ4n) is 1.18. The topological polar surface area (TPSA) is 46.3 Å². The fraction of sp³-hybridized carbons (Fsp3) is 0.100. The van der Waals surface area contributed by atoms with Gasteiger partial charge in [-0.3, -0.25) is 4.98 Å². The molecule has 2 heterocycles. The predicted octanol–water partition coefficient (Wildman–Crippen LogP) is 3.17. The third-order valence-electron chi connectivity index (χ3n) is 1.92. The van der Waals surface area contributed by atoms with Crippen molar-refractivity contribution in [2.75, 3.05) is 0 Å². The van der Waals surface area contributed by atoms with Gasteiger partial charge >= 0.3 is 0 Å². The van der Waals surface area contributed by atoms with Gasteiger partial charge in [-0.2, -0.15) is 0 Å². The largest absolute Gasteiger partial charge is 0.465 e. The number of aromatic nitrogens is 1. The van der Waals surface area contributed by atoms with Gasteiger partial charge in [0.05, 0.1) is 21.5 Å². The van der Waals surface area contributed by atoms with Gasteiger partial charge < -0.3 is 9.52 Å². The first-order chi connectivity index (χ1) is 7.18. The third-order valence-corrected chi connectivity index (χ3v) is 2.80. The molecule has 0 aliphatic heterocycles. The van der Waals surface area contributed by atoms with Crippen LogP contribution in [0.5, 0.6) is 0 Å². The summed E-state index contributed by atoms with van der Waals surface area (Å²) in [7, 11) is 0. The molecule has 0 fully saturated rings. The summed E-state index contributed by atoms with van der Waals surface area (Å²) in [6.45, 7) is 0.